The summed E-state index contributed by atoms with van der Waals surface area (Å²) in [5, 5.41) is 0. The highest BCUT2D eigenvalue weighted by Gasteiger charge is 2.20. The van der Waals surface area contributed by atoms with Gasteiger partial charge in [0, 0.05) is 6.07 Å². The first-order valence-electron chi connectivity index (χ1n) is 6.95. The van der Waals surface area contributed by atoms with Crippen molar-refractivity contribution in [1.29, 1.82) is 0 Å². The van der Waals surface area contributed by atoms with Crippen LogP contribution in [0.15, 0.2) is 47.4 Å². The molecule has 0 unspecified atom stereocenters. The lowest BCUT2D eigenvalue weighted by molar-refractivity contribution is 0.242. The molecule has 0 amide bonds. The van der Waals surface area contributed by atoms with E-state index < -0.39 is 15.8 Å². The van der Waals surface area contributed by atoms with Crippen molar-refractivity contribution in [3.63, 3.8) is 0 Å². The molecule has 0 aromatic heterocycles. The normalized spacial score (nSPS) is 11.3. The van der Waals surface area contributed by atoms with Crippen molar-refractivity contribution in [2.45, 2.75) is 24.8 Å². The zero-order valence-electron chi connectivity index (χ0n) is 13.0. The van der Waals surface area contributed by atoms with Gasteiger partial charge in [-0.3, -0.25) is 4.72 Å². The third-order valence-corrected chi connectivity index (χ3v) is 4.28. The van der Waals surface area contributed by atoms with Gasteiger partial charge in [-0.1, -0.05) is 6.07 Å². The van der Waals surface area contributed by atoms with Gasteiger partial charge in [0.25, 0.3) is 10.0 Å². The van der Waals surface area contributed by atoms with Gasteiger partial charge in [0.15, 0.2) is 0 Å². The molecule has 1 N–H and O–H groups in total. The van der Waals surface area contributed by atoms with Crippen molar-refractivity contribution in [1.82, 2.24) is 0 Å². The van der Waals surface area contributed by atoms with Gasteiger partial charge in [-0.15, -0.1) is 0 Å². The Morgan fingerprint density at radius 3 is 2.52 bits per heavy atom. The largest absolute Gasteiger partial charge is 0.495 e. The number of halogens is 1. The van der Waals surface area contributed by atoms with Crippen LogP contribution in [0.2, 0.25) is 0 Å². The van der Waals surface area contributed by atoms with E-state index in [1.165, 1.54) is 13.2 Å². The Morgan fingerprint density at radius 1 is 1.13 bits per heavy atom. The van der Waals surface area contributed by atoms with Crippen molar-refractivity contribution in [2.75, 3.05) is 11.8 Å². The quantitative estimate of drug-likeness (QED) is 0.876. The number of hydrogen-bond acceptors (Lipinski definition) is 4. The Bertz CT molecular complexity index is 790. The fraction of sp³-hybridized carbons (Fsp3) is 0.250. The van der Waals surface area contributed by atoms with Crippen LogP contribution in [0.1, 0.15) is 13.8 Å². The third kappa shape index (κ3) is 4.35. The second kappa shape index (κ2) is 6.87. The Labute approximate surface area is 135 Å². The second-order valence-electron chi connectivity index (χ2n) is 5.10. The molecule has 2 aromatic carbocycles. The third-order valence-electron chi connectivity index (χ3n) is 2.87. The van der Waals surface area contributed by atoms with E-state index in [4.69, 9.17) is 9.47 Å². The summed E-state index contributed by atoms with van der Waals surface area (Å²) in [5.74, 6) is -0.0667. The maximum atomic E-state index is 13.4. The van der Waals surface area contributed by atoms with Gasteiger partial charge < -0.3 is 9.47 Å². The average Bonchev–Trinajstić information content (AvgIpc) is 2.46. The number of anilines is 1. The highest BCUT2D eigenvalue weighted by Crippen LogP contribution is 2.27. The van der Waals surface area contributed by atoms with E-state index in [0.717, 1.165) is 12.1 Å². The zero-order valence-corrected chi connectivity index (χ0v) is 13.9. The predicted octanol–water partition coefficient (Wildman–Crippen LogP) is 3.42. The monoisotopic (exact) mass is 339 g/mol. The lowest BCUT2D eigenvalue weighted by atomic mass is 10.3. The van der Waals surface area contributed by atoms with Gasteiger partial charge >= 0.3 is 0 Å². The number of rotatable bonds is 6. The van der Waals surface area contributed by atoms with Crippen LogP contribution in [0.3, 0.4) is 0 Å². The van der Waals surface area contributed by atoms with Crippen molar-refractivity contribution in [3.8, 4) is 11.5 Å². The standard InChI is InChI=1S/C16H18FNO4S/c1-11(2)22-14-6-4-5-13(10-14)18-23(19,20)16-9-12(17)7-8-15(16)21-3/h4-11,18H,1-3H3. The summed E-state index contributed by atoms with van der Waals surface area (Å²) in [4.78, 5) is -0.268. The lowest BCUT2D eigenvalue weighted by Crippen LogP contribution is -2.14. The number of ether oxygens (including phenoxy) is 2. The smallest absolute Gasteiger partial charge is 0.265 e. The van der Waals surface area contributed by atoms with Crippen LogP contribution >= 0.6 is 0 Å². The molecule has 0 radical (unpaired) electrons. The summed E-state index contributed by atoms with van der Waals surface area (Å²) >= 11 is 0. The van der Waals surface area contributed by atoms with Crippen LogP contribution < -0.4 is 14.2 Å². The molecule has 0 bridgehead atoms. The van der Waals surface area contributed by atoms with Crippen LogP contribution in [0.4, 0.5) is 10.1 Å². The fourth-order valence-corrected chi connectivity index (χ4v) is 3.21. The Balaban J connectivity index is 2.33. The van der Waals surface area contributed by atoms with Crippen LogP contribution in [0.5, 0.6) is 11.5 Å². The van der Waals surface area contributed by atoms with E-state index in [1.54, 1.807) is 24.3 Å². The minimum atomic E-state index is -3.99. The first-order chi connectivity index (χ1) is 10.8. The molecule has 2 rings (SSSR count). The Morgan fingerprint density at radius 2 is 1.87 bits per heavy atom. The summed E-state index contributed by atoms with van der Waals surface area (Å²) < 4.78 is 51.2. The fourth-order valence-electron chi connectivity index (χ4n) is 1.98. The maximum absolute atomic E-state index is 13.4. The summed E-state index contributed by atoms with van der Waals surface area (Å²) in [6, 6.07) is 9.84. The minimum Gasteiger partial charge on any atom is -0.495 e. The molecular weight excluding hydrogens is 321 g/mol. The highest BCUT2D eigenvalue weighted by molar-refractivity contribution is 7.92. The van der Waals surface area contributed by atoms with E-state index in [1.807, 2.05) is 13.8 Å². The van der Waals surface area contributed by atoms with Crippen molar-refractivity contribution in [3.05, 3.63) is 48.3 Å². The first kappa shape index (κ1) is 17.1. The summed E-state index contributed by atoms with van der Waals surface area (Å²) in [6.07, 6.45) is -0.0369. The maximum Gasteiger partial charge on any atom is 0.265 e. The molecule has 0 saturated heterocycles. The molecule has 0 heterocycles. The Hall–Kier alpha value is -2.28. The molecule has 7 heteroatoms. The molecule has 124 valence electrons. The molecular formula is C16H18FNO4S. The molecule has 23 heavy (non-hydrogen) atoms. The van der Waals surface area contributed by atoms with Gasteiger partial charge in [0.2, 0.25) is 0 Å². The first-order valence-corrected chi connectivity index (χ1v) is 8.43. The molecule has 0 fully saturated rings. The number of hydrogen-bond donors (Lipinski definition) is 1. The van der Waals surface area contributed by atoms with Gasteiger partial charge in [0.05, 0.1) is 18.9 Å². The SMILES string of the molecule is COc1ccc(F)cc1S(=O)(=O)Nc1cccc(OC(C)C)c1. The minimum absolute atomic E-state index is 0.0369. The van der Waals surface area contributed by atoms with Crippen LogP contribution in [0, 0.1) is 5.82 Å². The molecule has 0 spiro atoms. The Kier molecular flexibility index (Phi) is 5.10. The number of sulfonamides is 1. The van der Waals surface area contributed by atoms with E-state index in [9.17, 15) is 12.8 Å². The summed E-state index contributed by atoms with van der Waals surface area (Å²) in [5.41, 5.74) is 0.314. The summed E-state index contributed by atoms with van der Waals surface area (Å²) in [6.45, 7) is 3.74. The van der Waals surface area contributed by atoms with Gasteiger partial charge in [-0.25, -0.2) is 12.8 Å². The van der Waals surface area contributed by atoms with E-state index in [-0.39, 0.29) is 16.7 Å². The van der Waals surface area contributed by atoms with Gasteiger partial charge in [0.1, 0.15) is 22.2 Å². The van der Waals surface area contributed by atoms with Gasteiger partial charge in [-0.05, 0) is 44.2 Å². The topological polar surface area (TPSA) is 64.6 Å². The lowest BCUT2D eigenvalue weighted by Gasteiger charge is -2.14. The molecule has 0 aliphatic rings. The average molecular weight is 339 g/mol. The molecule has 2 aromatic rings. The number of nitrogens with one attached hydrogen (secondary N) is 1. The molecule has 0 aliphatic carbocycles. The van der Waals surface area contributed by atoms with Crippen LogP contribution in [-0.4, -0.2) is 21.6 Å². The molecule has 0 saturated carbocycles. The van der Waals surface area contributed by atoms with Crippen LogP contribution in [-0.2, 0) is 10.0 Å². The molecule has 5 nitrogen and oxygen atoms in total. The zero-order chi connectivity index (χ0) is 17.0. The molecule has 0 atom stereocenters. The van der Waals surface area contributed by atoms with Crippen molar-refractivity contribution >= 4 is 15.7 Å². The highest BCUT2D eigenvalue weighted by atomic mass is 32.2. The van der Waals surface area contributed by atoms with Crippen molar-refractivity contribution in [2.24, 2.45) is 0 Å². The van der Waals surface area contributed by atoms with E-state index in [0.29, 0.717) is 11.4 Å². The van der Waals surface area contributed by atoms with E-state index in [2.05, 4.69) is 4.72 Å². The number of methoxy groups -OCH3 is 1. The number of benzene rings is 2. The van der Waals surface area contributed by atoms with Gasteiger partial charge in [-0.2, -0.15) is 0 Å². The van der Waals surface area contributed by atoms with Crippen LogP contribution in [0.25, 0.3) is 0 Å². The summed E-state index contributed by atoms with van der Waals surface area (Å²) in [7, 11) is -2.67. The van der Waals surface area contributed by atoms with E-state index >= 15 is 0 Å². The second-order valence-corrected chi connectivity index (χ2v) is 6.75. The molecule has 0 aliphatic heterocycles. The van der Waals surface area contributed by atoms with Crippen molar-refractivity contribution < 1.29 is 22.3 Å². The predicted molar refractivity (Wildman–Crippen MR) is 86.0 cm³/mol.